The Hall–Kier alpha value is -2.82. The monoisotopic (exact) mass is 271 g/mol. The molecule has 1 aromatic heterocycles. The molecule has 0 unspecified atom stereocenters. The fraction of sp³-hybridized carbons (Fsp3) is 0.0667. The summed E-state index contributed by atoms with van der Waals surface area (Å²) in [5.74, 6) is -0.0160. The van der Waals surface area contributed by atoms with Crippen molar-refractivity contribution in [3.63, 3.8) is 0 Å². The summed E-state index contributed by atoms with van der Waals surface area (Å²) in [6.45, 7) is 0. The van der Waals surface area contributed by atoms with Gasteiger partial charge in [0.2, 0.25) is 5.91 Å². The average molecular weight is 271 g/mol. The normalized spacial score (nSPS) is 10.7. The maximum absolute atomic E-state index is 11.7. The third kappa shape index (κ3) is 2.95. The number of esters is 1. The number of benzene rings is 1. The average Bonchev–Trinajstić information content (AvgIpc) is 2.93. The molecule has 5 heteroatoms. The van der Waals surface area contributed by atoms with Gasteiger partial charge in [0.15, 0.2) is 0 Å². The van der Waals surface area contributed by atoms with Gasteiger partial charge < -0.3 is 14.9 Å². The molecule has 0 saturated carbocycles. The van der Waals surface area contributed by atoms with E-state index in [9.17, 15) is 9.59 Å². The molecule has 0 atom stereocenters. The number of primary amides is 1. The molecule has 5 nitrogen and oxygen atoms in total. The summed E-state index contributed by atoms with van der Waals surface area (Å²) in [5.41, 5.74) is 6.05. The van der Waals surface area contributed by atoms with Gasteiger partial charge in [-0.1, -0.05) is 18.2 Å². The van der Waals surface area contributed by atoms with Crippen LogP contribution in [0.15, 0.2) is 46.9 Å². The van der Waals surface area contributed by atoms with Gasteiger partial charge in [0.1, 0.15) is 11.5 Å². The van der Waals surface area contributed by atoms with Crippen molar-refractivity contribution < 1.29 is 18.7 Å². The summed E-state index contributed by atoms with van der Waals surface area (Å²) >= 11 is 0. The number of rotatable bonds is 4. The summed E-state index contributed by atoms with van der Waals surface area (Å²) in [6, 6.07) is 10.3. The lowest BCUT2D eigenvalue weighted by Crippen LogP contribution is -2.04. The van der Waals surface area contributed by atoms with Crippen molar-refractivity contribution in [1.29, 1.82) is 0 Å². The van der Waals surface area contributed by atoms with E-state index >= 15 is 0 Å². The second-order valence-corrected chi connectivity index (χ2v) is 3.97. The maximum Gasteiger partial charge on any atom is 0.338 e. The van der Waals surface area contributed by atoms with Crippen LogP contribution in [0.1, 0.15) is 16.1 Å². The molecule has 2 rings (SSSR count). The molecular weight excluding hydrogens is 258 g/mol. The first-order valence-corrected chi connectivity index (χ1v) is 5.87. The molecule has 1 aromatic carbocycles. The predicted molar refractivity (Wildman–Crippen MR) is 73.7 cm³/mol. The van der Waals surface area contributed by atoms with Gasteiger partial charge in [-0.2, -0.15) is 0 Å². The first kappa shape index (κ1) is 13.6. The molecule has 0 spiro atoms. The van der Waals surface area contributed by atoms with Crippen LogP contribution in [-0.4, -0.2) is 19.0 Å². The van der Waals surface area contributed by atoms with Gasteiger partial charge in [-0.05, 0) is 24.3 Å². The van der Waals surface area contributed by atoms with E-state index in [0.29, 0.717) is 22.6 Å². The van der Waals surface area contributed by atoms with Crippen LogP contribution in [0.2, 0.25) is 0 Å². The van der Waals surface area contributed by atoms with Gasteiger partial charge in [0.25, 0.3) is 0 Å². The Morgan fingerprint density at radius 2 is 1.95 bits per heavy atom. The summed E-state index contributed by atoms with van der Waals surface area (Å²) in [6.07, 6.45) is 2.67. The van der Waals surface area contributed by atoms with E-state index in [1.807, 2.05) is 0 Å². The molecule has 0 aliphatic carbocycles. The second-order valence-electron chi connectivity index (χ2n) is 3.97. The predicted octanol–water partition coefficient (Wildman–Crippen LogP) is 2.23. The lowest BCUT2D eigenvalue weighted by Gasteiger charge is -2.04. The number of carbonyl (C=O) groups is 2. The number of hydrogen-bond donors (Lipinski definition) is 1. The Kier molecular flexibility index (Phi) is 4.00. The van der Waals surface area contributed by atoms with Gasteiger partial charge in [-0.3, -0.25) is 4.79 Å². The fourth-order valence-corrected chi connectivity index (χ4v) is 1.74. The standard InChI is InChI=1S/C15H13NO4/c1-19-15(18)12-5-3-2-4-11(12)13-8-6-10(20-13)7-9-14(16)17/h2-9H,1H3,(H2,16,17)/b9-7-. The van der Waals surface area contributed by atoms with Crippen molar-refractivity contribution in [2.24, 2.45) is 5.73 Å². The van der Waals surface area contributed by atoms with Gasteiger partial charge in [0.05, 0.1) is 12.7 Å². The number of methoxy groups -OCH3 is 1. The lowest BCUT2D eigenvalue weighted by molar-refractivity contribution is -0.113. The van der Waals surface area contributed by atoms with Gasteiger partial charge in [-0.15, -0.1) is 0 Å². The fourth-order valence-electron chi connectivity index (χ4n) is 1.74. The van der Waals surface area contributed by atoms with E-state index in [1.165, 1.54) is 19.3 Å². The zero-order valence-electron chi connectivity index (χ0n) is 10.8. The Morgan fingerprint density at radius 1 is 1.20 bits per heavy atom. The minimum Gasteiger partial charge on any atom is -0.465 e. The zero-order chi connectivity index (χ0) is 14.5. The van der Waals surface area contributed by atoms with Gasteiger partial charge in [-0.25, -0.2) is 4.79 Å². The highest BCUT2D eigenvalue weighted by Crippen LogP contribution is 2.26. The highest BCUT2D eigenvalue weighted by atomic mass is 16.5. The lowest BCUT2D eigenvalue weighted by atomic mass is 10.1. The minimum absolute atomic E-state index is 0.412. The van der Waals surface area contributed by atoms with E-state index in [0.717, 1.165) is 0 Å². The summed E-state index contributed by atoms with van der Waals surface area (Å²) in [4.78, 5) is 22.4. The molecule has 0 radical (unpaired) electrons. The number of amides is 1. The Bertz CT molecular complexity index is 670. The molecular formula is C15H13NO4. The third-order valence-corrected chi connectivity index (χ3v) is 2.64. The Balaban J connectivity index is 2.38. The number of ether oxygens (including phenoxy) is 1. The van der Waals surface area contributed by atoms with Crippen molar-refractivity contribution in [2.45, 2.75) is 0 Å². The smallest absolute Gasteiger partial charge is 0.338 e. The number of carbonyl (C=O) groups excluding carboxylic acids is 2. The van der Waals surface area contributed by atoms with Crippen LogP contribution in [-0.2, 0) is 9.53 Å². The topological polar surface area (TPSA) is 82.5 Å². The number of hydrogen-bond acceptors (Lipinski definition) is 4. The van der Waals surface area contributed by atoms with E-state index < -0.39 is 11.9 Å². The molecule has 0 fully saturated rings. The van der Waals surface area contributed by atoms with Crippen LogP contribution in [0, 0.1) is 0 Å². The maximum atomic E-state index is 11.7. The number of nitrogens with two attached hydrogens (primary N) is 1. The molecule has 0 aliphatic rings. The highest BCUT2D eigenvalue weighted by molar-refractivity contribution is 5.96. The largest absolute Gasteiger partial charge is 0.465 e. The zero-order valence-corrected chi connectivity index (χ0v) is 10.8. The molecule has 0 aliphatic heterocycles. The quantitative estimate of drug-likeness (QED) is 0.682. The molecule has 1 amide bonds. The highest BCUT2D eigenvalue weighted by Gasteiger charge is 2.14. The van der Waals surface area contributed by atoms with Crippen molar-refractivity contribution in [3.05, 3.63) is 53.8 Å². The Labute approximate surface area is 115 Å². The Morgan fingerprint density at radius 3 is 2.65 bits per heavy atom. The summed E-state index contributed by atoms with van der Waals surface area (Å²) in [5, 5.41) is 0. The molecule has 0 bridgehead atoms. The third-order valence-electron chi connectivity index (χ3n) is 2.64. The van der Waals surface area contributed by atoms with Crippen molar-refractivity contribution in [3.8, 4) is 11.3 Å². The number of furan rings is 1. The molecule has 102 valence electrons. The van der Waals surface area contributed by atoms with E-state index in [1.54, 1.807) is 36.4 Å². The molecule has 2 N–H and O–H groups in total. The van der Waals surface area contributed by atoms with Gasteiger partial charge in [0, 0.05) is 11.6 Å². The van der Waals surface area contributed by atoms with E-state index in [4.69, 9.17) is 14.9 Å². The van der Waals surface area contributed by atoms with Crippen molar-refractivity contribution in [2.75, 3.05) is 7.11 Å². The molecule has 20 heavy (non-hydrogen) atoms. The molecule has 1 heterocycles. The SMILES string of the molecule is COC(=O)c1ccccc1-c1ccc(/C=C\C(N)=O)o1. The summed E-state index contributed by atoms with van der Waals surface area (Å²) < 4.78 is 10.3. The summed E-state index contributed by atoms with van der Waals surface area (Å²) in [7, 11) is 1.32. The molecule has 0 saturated heterocycles. The first-order chi connectivity index (χ1) is 9.61. The van der Waals surface area contributed by atoms with Crippen LogP contribution < -0.4 is 5.73 Å². The van der Waals surface area contributed by atoms with Crippen LogP contribution in [0.4, 0.5) is 0 Å². The first-order valence-electron chi connectivity index (χ1n) is 5.87. The van der Waals surface area contributed by atoms with Crippen molar-refractivity contribution >= 4 is 18.0 Å². The van der Waals surface area contributed by atoms with Crippen LogP contribution >= 0.6 is 0 Å². The van der Waals surface area contributed by atoms with Crippen molar-refractivity contribution in [1.82, 2.24) is 0 Å². The molecule has 2 aromatic rings. The van der Waals surface area contributed by atoms with Gasteiger partial charge >= 0.3 is 5.97 Å². The van der Waals surface area contributed by atoms with Crippen LogP contribution in [0.25, 0.3) is 17.4 Å². The van der Waals surface area contributed by atoms with E-state index in [2.05, 4.69) is 0 Å². The van der Waals surface area contributed by atoms with E-state index in [-0.39, 0.29) is 0 Å². The van der Waals surface area contributed by atoms with Crippen LogP contribution in [0.3, 0.4) is 0 Å². The van der Waals surface area contributed by atoms with Crippen LogP contribution in [0.5, 0.6) is 0 Å². The minimum atomic E-state index is -0.557. The second kappa shape index (κ2) is 5.88.